The smallest absolute Gasteiger partial charge is 0.248 e. The number of rotatable bonds is 5. The third-order valence-corrected chi connectivity index (χ3v) is 7.50. The van der Waals surface area contributed by atoms with E-state index in [9.17, 15) is 14.7 Å². The summed E-state index contributed by atoms with van der Waals surface area (Å²) in [4.78, 5) is 29.0. The maximum absolute atomic E-state index is 13.9. The van der Waals surface area contributed by atoms with Crippen molar-refractivity contribution in [3.8, 4) is 5.75 Å². The predicted octanol–water partition coefficient (Wildman–Crippen LogP) is 3.39. The molecule has 2 N–H and O–H groups in total. The minimum absolute atomic E-state index is 0.105. The SMILES string of the molecule is CC(C)(C)[C@@H](C(=O)N1CC(O)CC1C(=O)NC1CCCOc2cc(Cl)ccc21)n1cc(C2CC2)nn1. The van der Waals surface area contributed by atoms with Crippen molar-refractivity contribution in [3.05, 3.63) is 40.7 Å². The number of fused-ring (bicyclic) bond motifs is 1. The summed E-state index contributed by atoms with van der Waals surface area (Å²) >= 11 is 6.15. The van der Waals surface area contributed by atoms with E-state index in [1.54, 1.807) is 16.8 Å². The monoisotopic (exact) mass is 515 g/mol. The van der Waals surface area contributed by atoms with Gasteiger partial charge in [0.15, 0.2) is 0 Å². The Labute approximate surface area is 216 Å². The third-order valence-electron chi connectivity index (χ3n) is 7.27. The highest BCUT2D eigenvalue weighted by molar-refractivity contribution is 6.30. The molecule has 4 atom stereocenters. The second kappa shape index (κ2) is 9.67. The highest BCUT2D eigenvalue weighted by atomic mass is 35.5. The Hall–Kier alpha value is -2.65. The number of nitrogens with zero attached hydrogens (tertiary/aromatic N) is 4. The Morgan fingerprint density at radius 3 is 2.75 bits per heavy atom. The second-order valence-electron chi connectivity index (χ2n) is 11.3. The lowest BCUT2D eigenvalue weighted by atomic mass is 9.85. The summed E-state index contributed by atoms with van der Waals surface area (Å²) in [5.74, 6) is 0.568. The summed E-state index contributed by atoms with van der Waals surface area (Å²) in [6.45, 7) is 6.57. The number of carbonyl (C=O) groups excluding carboxylic acids is 2. The van der Waals surface area contributed by atoms with Crippen LogP contribution in [0, 0.1) is 5.41 Å². The Balaban J connectivity index is 1.37. The van der Waals surface area contributed by atoms with E-state index in [0.717, 1.165) is 30.5 Å². The van der Waals surface area contributed by atoms with Crippen LogP contribution in [0.5, 0.6) is 5.75 Å². The van der Waals surface area contributed by atoms with Crippen LogP contribution in [0.1, 0.15) is 82.1 Å². The third kappa shape index (κ3) is 5.09. The molecule has 36 heavy (non-hydrogen) atoms. The van der Waals surface area contributed by atoms with E-state index in [0.29, 0.717) is 29.7 Å². The maximum Gasteiger partial charge on any atom is 0.248 e. The Kier molecular flexibility index (Phi) is 6.72. The molecule has 1 aliphatic carbocycles. The first-order valence-electron chi connectivity index (χ1n) is 12.7. The standard InChI is InChI=1S/C26H34ClN5O4/c1-26(2,3)23(32-14-20(29-30-32)15-6-7-15)25(35)31-13-17(33)12-21(31)24(34)28-19-5-4-10-36-22-11-16(27)8-9-18(19)22/h8-9,11,14-15,17,19,21,23,33H,4-7,10,12-13H2,1-3H3,(H,28,34)/t17?,19?,21?,23-/m1/s1. The summed E-state index contributed by atoms with van der Waals surface area (Å²) in [6.07, 6.45) is 4.94. The van der Waals surface area contributed by atoms with E-state index < -0.39 is 23.6 Å². The van der Waals surface area contributed by atoms with Gasteiger partial charge < -0.3 is 20.1 Å². The van der Waals surface area contributed by atoms with Gasteiger partial charge in [0, 0.05) is 35.7 Å². The van der Waals surface area contributed by atoms with Crippen LogP contribution in [0.15, 0.2) is 24.4 Å². The van der Waals surface area contributed by atoms with Gasteiger partial charge in [0.25, 0.3) is 0 Å². The van der Waals surface area contributed by atoms with Gasteiger partial charge in [-0.25, -0.2) is 4.68 Å². The first kappa shape index (κ1) is 25.0. The van der Waals surface area contributed by atoms with Crippen LogP contribution < -0.4 is 10.1 Å². The molecule has 1 aromatic heterocycles. The van der Waals surface area contributed by atoms with Gasteiger partial charge in [-0.15, -0.1) is 5.10 Å². The van der Waals surface area contributed by atoms with Crippen LogP contribution in [0.4, 0.5) is 0 Å². The number of likely N-dealkylation sites (tertiary alicyclic amines) is 1. The largest absolute Gasteiger partial charge is 0.493 e. The molecule has 1 aromatic carbocycles. The molecule has 2 fully saturated rings. The molecule has 2 aliphatic heterocycles. The number of carbonyl (C=O) groups is 2. The lowest BCUT2D eigenvalue weighted by Gasteiger charge is -2.35. The van der Waals surface area contributed by atoms with Crippen molar-refractivity contribution in [2.24, 2.45) is 5.41 Å². The van der Waals surface area contributed by atoms with Gasteiger partial charge in [-0.3, -0.25) is 9.59 Å². The lowest BCUT2D eigenvalue weighted by Crippen LogP contribution is -2.50. The molecular formula is C26H34ClN5O4. The number of hydrogen-bond donors (Lipinski definition) is 2. The van der Waals surface area contributed by atoms with Crippen molar-refractivity contribution in [1.29, 1.82) is 0 Å². The van der Waals surface area contributed by atoms with Gasteiger partial charge in [-0.2, -0.15) is 0 Å². The van der Waals surface area contributed by atoms with Crippen molar-refractivity contribution < 1.29 is 19.4 Å². The molecule has 3 unspecified atom stereocenters. The molecule has 2 aromatic rings. The van der Waals surface area contributed by atoms with Crippen molar-refractivity contribution in [1.82, 2.24) is 25.2 Å². The summed E-state index contributed by atoms with van der Waals surface area (Å²) in [6, 6.07) is 3.73. The van der Waals surface area contributed by atoms with E-state index in [1.807, 2.05) is 33.0 Å². The van der Waals surface area contributed by atoms with Crippen LogP contribution in [0.3, 0.4) is 0 Å². The van der Waals surface area contributed by atoms with Crippen LogP contribution in [-0.4, -0.2) is 62.1 Å². The molecule has 0 radical (unpaired) electrons. The molecule has 1 saturated carbocycles. The molecule has 2 amide bonds. The summed E-state index contributed by atoms with van der Waals surface area (Å²) in [5.41, 5.74) is 1.29. The van der Waals surface area contributed by atoms with Crippen LogP contribution in [0.2, 0.25) is 5.02 Å². The number of halogens is 1. The van der Waals surface area contributed by atoms with Crippen molar-refractivity contribution in [3.63, 3.8) is 0 Å². The zero-order valence-electron chi connectivity index (χ0n) is 21.0. The highest BCUT2D eigenvalue weighted by Crippen LogP contribution is 2.40. The summed E-state index contributed by atoms with van der Waals surface area (Å²) in [7, 11) is 0. The summed E-state index contributed by atoms with van der Waals surface area (Å²) in [5, 5.41) is 22.8. The van der Waals surface area contributed by atoms with Crippen LogP contribution in [-0.2, 0) is 9.59 Å². The lowest BCUT2D eigenvalue weighted by molar-refractivity contribution is -0.144. The van der Waals surface area contributed by atoms with E-state index in [4.69, 9.17) is 16.3 Å². The molecule has 1 saturated heterocycles. The van der Waals surface area contributed by atoms with Crippen molar-refractivity contribution in [2.45, 2.75) is 83.0 Å². The van der Waals surface area contributed by atoms with Crippen molar-refractivity contribution in [2.75, 3.05) is 13.2 Å². The molecule has 0 bridgehead atoms. The van der Waals surface area contributed by atoms with Gasteiger partial charge in [0.1, 0.15) is 17.8 Å². The number of β-amino-alcohol motifs (C(OH)–C–C–N with tert-alkyl or cyclic N) is 1. The van der Waals surface area contributed by atoms with Crippen molar-refractivity contribution >= 4 is 23.4 Å². The fraction of sp³-hybridized carbons (Fsp3) is 0.615. The van der Waals surface area contributed by atoms with Gasteiger partial charge in [0.2, 0.25) is 11.8 Å². The Morgan fingerprint density at radius 2 is 2.03 bits per heavy atom. The van der Waals surface area contributed by atoms with E-state index in [2.05, 4.69) is 15.6 Å². The number of aromatic nitrogens is 3. The minimum atomic E-state index is -0.774. The number of nitrogens with one attached hydrogen (secondary N) is 1. The van der Waals surface area contributed by atoms with Crippen LogP contribution >= 0.6 is 11.6 Å². The zero-order chi connectivity index (χ0) is 25.6. The molecule has 194 valence electrons. The number of benzene rings is 1. The van der Waals surface area contributed by atoms with E-state index in [-0.39, 0.29) is 30.8 Å². The van der Waals surface area contributed by atoms with E-state index >= 15 is 0 Å². The fourth-order valence-electron chi connectivity index (χ4n) is 5.29. The number of hydrogen-bond acceptors (Lipinski definition) is 6. The molecular weight excluding hydrogens is 482 g/mol. The topological polar surface area (TPSA) is 110 Å². The quantitative estimate of drug-likeness (QED) is 0.631. The minimum Gasteiger partial charge on any atom is -0.493 e. The van der Waals surface area contributed by atoms with Gasteiger partial charge in [0.05, 0.1) is 24.4 Å². The van der Waals surface area contributed by atoms with Gasteiger partial charge >= 0.3 is 0 Å². The number of aliphatic hydroxyl groups excluding tert-OH is 1. The molecule has 3 aliphatic rings. The first-order chi connectivity index (χ1) is 17.1. The maximum atomic E-state index is 13.9. The Bertz CT molecular complexity index is 1140. The summed E-state index contributed by atoms with van der Waals surface area (Å²) < 4.78 is 7.47. The predicted molar refractivity (Wildman–Crippen MR) is 134 cm³/mol. The number of aliphatic hydroxyl groups is 1. The fourth-order valence-corrected chi connectivity index (χ4v) is 5.45. The zero-order valence-corrected chi connectivity index (χ0v) is 21.7. The van der Waals surface area contributed by atoms with E-state index in [1.165, 1.54) is 4.90 Å². The Morgan fingerprint density at radius 1 is 1.25 bits per heavy atom. The van der Waals surface area contributed by atoms with Gasteiger partial charge in [-0.05, 0) is 43.2 Å². The van der Waals surface area contributed by atoms with Crippen LogP contribution in [0.25, 0.3) is 0 Å². The number of amides is 2. The average molecular weight is 516 g/mol. The molecule has 9 nitrogen and oxygen atoms in total. The van der Waals surface area contributed by atoms with Gasteiger partial charge in [-0.1, -0.05) is 43.7 Å². The normalized spacial score (nSPS) is 25.0. The average Bonchev–Trinajstić information content (AvgIpc) is 3.47. The number of ether oxygens (including phenoxy) is 1. The highest BCUT2D eigenvalue weighted by Gasteiger charge is 2.46. The second-order valence-corrected chi connectivity index (χ2v) is 11.7. The molecule has 3 heterocycles. The molecule has 10 heteroatoms. The molecule has 5 rings (SSSR count). The first-order valence-corrected chi connectivity index (χ1v) is 13.1. The molecule has 0 spiro atoms.